The number of carboxylic acid groups (broad SMARTS) is 2. The van der Waals surface area contributed by atoms with E-state index in [1.165, 1.54) is 0 Å². The molecule has 0 spiro atoms. The lowest BCUT2D eigenvalue weighted by Gasteiger charge is -2.31. The monoisotopic (exact) mass is 454 g/mol. The molecular formula is C13H19N4O12P. The predicted molar refractivity (Wildman–Crippen MR) is 90.5 cm³/mol. The van der Waals surface area contributed by atoms with Crippen molar-refractivity contribution in [3.8, 4) is 0 Å². The minimum Gasteiger partial charge on any atom is -0.481 e. The molecule has 1 aliphatic rings. The number of amides is 1. The van der Waals surface area contributed by atoms with Gasteiger partial charge in [0, 0.05) is 6.20 Å². The Balaban J connectivity index is 2.19. The third-order valence-corrected chi connectivity index (χ3v) is 5.42. The molecule has 10 N–H and O–H groups in total. The molecule has 6 atom stereocenters. The van der Waals surface area contributed by atoms with E-state index in [1.54, 1.807) is 0 Å². The van der Waals surface area contributed by atoms with Gasteiger partial charge in [0.25, 0.3) is 5.91 Å². The van der Waals surface area contributed by atoms with Gasteiger partial charge in [-0.15, -0.1) is 0 Å². The van der Waals surface area contributed by atoms with Crippen LogP contribution in [0.2, 0.25) is 0 Å². The normalized spacial score (nSPS) is 27.3. The number of aliphatic hydroxyl groups excluding tert-OH is 2. The summed E-state index contributed by atoms with van der Waals surface area (Å²) in [4.78, 5) is 55.7. The van der Waals surface area contributed by atoms with Crippen molar-refractivity contribution in [3.63, 3.8) is 0 Å². The fraction of sp³-hybridized carbons (Fsp3) is 0.538. The highest BCUT2D eigenvalue weighted by atomic mass is 31.2. The first-order chi connectivity index (χ1) is 13.7. The smallest absolute Gasteiger partial charge is 0.374 e. The number of rotatable bonds is 8. The molecular weight excluding hydrogens is 435 g/mol. The van der Waals surface area contributed by atoms with Gasteiger partial charge in [0.15, 0.2) is 6.23 Å². The molecule has 1 aromatic heterocycles. The second-order valence-electron chi connectivity index (χ2n) is 6.42. The summed E-state index contributed by atoms with van der Waals surface area (Å²) in [5, 5.41) is 49.5. The lowest BCUT2D eigenvalue weighted by atomic mass is 10.1. The average Bonchev–Trinajstić information content (AvgIpc) is 3.19. The van der Waals surface area contributed by atoms with Gasteiger partial charge in [-0.3, -0.25) is 19.9 Å². The SMILES string of the molecule is NC(O)([C@@H]1OC(n2cnc(C(=O)N[C@@H](CC(=O)O)C(=O)O)c2)[C@@H](O)[C@H]1O)P(=O)(O)O. The number of nitrogens with two attached hydrogens (primary N) is 1. The molecule has 1 aliphatic heterocycles. The van der Waals surface area contributed by atoms with Crippen molar-refractivity contribution in [2.75, 3.05) is 0 Å². The summed E-state index contributed by atoms with van der Waals surface area (Å²) < 4.78 is 17.3. The van der Waals surface area contributed by atoms with E-state index in [0.717, 1.165) is 17.1 Å². The maximum Gasteiger partial charge on any atom is 0.374 e. The van der Waals surface area contributed by atoms with Crippen LogP contribution >= 0.6 is 7.60 Å². The van der Waals surface area contributed by atoms with E-state index in [4.69, 9.17) is 30.5 Å². The number of carbonyl (C=O) groups excluding carboxylic acids is 1. The fourth-order valence-corrected chi connectivity index (χ4v) is 3.17. The van der Waals surface area contributed by atoms with Crippen molar-refractivity contribution in [2.45, 2.75) is 42.5 Å². The van der Waals surface area contributed by atoms with Gasteiger partial charge in [-0.25, -0.2) is 9.78 Å². The Morgan fingerprint density at radius 3 is 2.40 bits per heavy atom. The van der Waals surface area contributed by atoms with Crippen molar-refractivity contribution >= 4 is 25.4 Å². The van der Waals surface area contributed by atoms with Crippen LogP contribution in [0.15, 0.2) is 12.5 Å². The van der Waals surface area contributed by atoms with Crippen molar-refractivity contribution in [3.05, 3.63) is 18.2 Å². The van der Waals surface area contributed by atoms with Crippen molar-refractivity contribution in [2.24, 2.45) is 5.73 Å². The largest absolute Gasteiger partial charge is 0.481 e. The topological polar surface area (TPSA) is 275 Å². The number of ether oxygens (including phenoxy) is 1. The first-order valence-corrected chi connectivity index (χ1v) is 9.65. The predicted octanol–water partition coefficient (Wildman–Crippen LogP) is -4.06. The van der Waals surface area contributed by atoms with Crippen molar-refractivity contribution < 1.29 is 59.0 Å². The van der Waals surface area contributed by atoms with E-state index >= 15 is 0 Å². The molecule has 2 rings (SSSR count). The van der Waals surface area contributed by atoms with Crippen LogP contribution in [0.4, 0.5) is 0 Å². The molecule has 0 aromatic carbocycles. The highest BCUT2D eigenvalue weighted by Crippen LogP contribution is 2.51. The second kappa shape index (κ2) is 8.37. The average molecular weight is 454 g/mol. The van der Waals surface area contributed by atoms with Crippen LogP contribution in [0.1, 0.15) is 23.1 Å². The van der Waals surface area contributed by atoms with Gasteiger partial charge >= 0.3 is 19.5 Å². The Kier molecular flexibility index (Phi) is 6.65. The Hall–Kier alpha value is -2.43. The lowest BCUT2D eigenvalue weighted by molar-refractivity contribution is -0.145. The zero-order valence-electron chi connectivity index (χ0n) is 14.8. The highest BCUT2D eigenvalue weighted by Gasteiger charge is 2.59. The molecule has 30 heavy (non-hydrogen) atoms. The van der Waals surface area contributed by atoms with Crippen LogP contribution in [-0.2, 0) is 18.9 Å². The van der Waals surface area contributed by atoms with Gasteiger partial charge in [0.1, 0.15) is 30.0 Å². The van der Waals surface area contributed by atoms with Gasteiger partial charge < -0.3 is 49.9 Å². The molecule has 0 aliphatic carbocycles. The fourth-order valence-electron chi connectivity index (χ4n) is 2.62. The first-order valence-electron chi connectivity index (χ1n) is 8.04. The molecule has 2 unspecified atom stereocenters. The summed E-state index contributed by atoms with van der Waals surface area (Å²) in [5.41, 5.74) is 1.40. The third-order valence-electron chi connectivity index (χ3n) is 4.23. The minimum atomic E-state index is -5.40. The van der Waals surface area contributed by atoms with E-state index in [0.29, 0.717) is 0 Å². The number of carbonyl (C=O) groups is 3. The molecule has 16 nitrogen and oxygen atoms in total. The Morgan fingerprint density at radius 2 is 1.90 bits per heavy atom. The van der Waals surface area contributed by atoms with Crippen LogP contribution in [-0.4, -0.2) is 92.5 Å². The lowest BCUT2D eigenvalue weighted by Crippen LogP contribution is -2.55. The van der Waals surface area contributed by atoms with Crippen LogP contribution in [0, 0.1) is 0 Å². The molecule has 0 radical (unpaired) electrons. The van der Waals surface area contributed by atoms with Gasteiger partial charge in [0.05, 0.1) is 12.7 Å². The third kappa shape index (κ3) is 4.66. The molecule has 168 valence electrons. The molecule has 1 fully saturated rings. The summed E-state index contributed by atoms with van der Waals surface area (Å²) in [7, 11) is -5.40. The molecule has 1 saturated heterocycles. The van der Waals surface area contributed by atoms with Crippen LogP contribution in [0.5, 0.6) is 0 Å². The second-order valence-corrected chi connectivity index (χ2v) is 8.23. The number of hydrogen-bond acceptors (Lipinski definition) is 10. The van der Waals surface area contributed by atoms with Crippen LogP contribution in [0.3, 0.4) is 0 Å². The molecule has 0 saturated carbocycles. The maximum absolute atomic E-state index is 12.1. The van der Waals surface area contributed by atoms with E-state index in [-0.39, 0.29) is 0 Å². The maximum atomic E-state index is 12.1. The summed E-state index contributed by atoms with van der Waals surface area (Å²) in [6, 6.07) is -1.75. The zero-order chi connectivity index (χ0) is 23.0. The highest BCUT2D eigenvalue weighted by molar-refractivity contribution is 7.53. The summed E-state index contributed by atoms with van der Waals surface area (Å²) in [6.45, 7) is 0. The molecule has 1 amide bonds. The van der Waals surface area contributed by atoms with Crippen molar-refractivity contribution in [1.29, 1.82) is 0 Å². The van der Waals surface area contributed by atoms with Crippen molar-refractivity contribution in [1.82, 2.24) is 14.9 Å². The number of carboxylic acids is 2. The zero-order valence-corrected chi connectivity index (χ0v) is 15.7. The summed E-state index contributed by atoms with van der Waals surface area (Å²) in [6.07, 6.45) is -6.69. The first kappa shape index (κ1) is 23.8. The van der Waals surface area contributed by atoms with Crippen LogP contribution < -0.4 is 11.1 Å². The van der Waals surface area contributed by atoms with Gasteiger partial charge in [-0.1, -0.05) is 0 Å². The molecule has 0 bridgehead atoms. The number of nitrogens with zero attached hydrogens (tertiary/aromatic N) is 2. The molecule has 2 heterocycles. The van der Waals surface area contributed by atoms with E-state index in [2.05, 4.69) is 4.98 Å². The summed E-state index contributed by atoms with van der Waals surface area (Å²) in [5.74, 6) is -4.17. The quantitative estimate of drug-likeness (QED) is 0.134. The number of aliphatic hydroxyl groups is 3. The van der Waals surface area contributed by atoms with Gasteiger partial charge in [-0.2, -0.15) is 0 Å². The number of imidazole rings is 1. The number of hydrogen-bond donors (Lipinski definition) is 9. The standard InChI is InChI=1S/C13H19N4O12P/c14-13(25,30(26,27)28)9-7(20)8(21)11(29-9)17-2-5(15-3-17)10(22)16-4(12(23)24)1-6(18)19/h2-4,7-9,11,20-21,25H,1,14H2,(H,16,22)(H,18,19)(H,23,24)(H2,26,27,28)/t4-,7+,8-,9+,11?,13?/m0/s1. The van der Waals surface area contributed by atoms with E-state index in [9.17, 15) is 34.3 Å². The van der Waals surface area contributed by atoms with Crippen LogP contribution in [0.25, 0.3) is 0 Å². The number of aliphatic carboxylic acids is 2. The Labute approximate surface area is 166 Å². The van der Waals surface area contributed by atoms with E-state index < -0.39 is 73.6 Å². The Morgan fingerprint density at radius 1 is 1.30 bits per heavy atom. The molecule has 1 aromatic rings. The number of aromatic nitrogens is 2. The summed E-state index contributed by atoms with van der Waals surface area (Å²) >= 11 is 0. The van der Waals surface area contributed by atoms with Gasteiger partial charge in [-0.05, 0) is 0 Å². The Bertz CT molecular complexity index is 881. The van der Waals surface area contributed by atoms with E-state index in [1.807, 2.05) is 5.32 Å². The van der Waals surface area contributed by atoms with Gasteiger partial charge in [0.2, 0.25) is 5.47 Å². The minimum absolute atomic E-state index is 0.432. The number of nitrogens with one attached hydrogen (secondary N) is 1. The molecule has 17 heteroatoms.